The standard InChI is InChI=1S/C74H42N4/c1-3-19-47(20-4-1)75-61-31-13-11-25-53(61)57-39-45(33-35-63(57)75)51-27-15-29-55-59-41-43-17-7-9-23-49(43)67-69-65(77(71(51)55)73(59)67)37-38-66-70(69)68-50-24-10-8-18-44(50)42-60-56-30-16-28-52(72(56)78(66)74(60)68)46-34-36-64-58(40-46)54-26-12-14-32-62(54)76(64)48-21-5-2-6-22-48/h1-42H. The Labute approximate surface area is 445 Å². The number of rotatable bonds is 4. The Bertz CT molecular complexity index is 5430. The van der Waals surface area contributed by atoms with Gasteiger partial charge in [0.25, 0.3) is 0 Å². The molecule has 0 fully saturated rings. The molecule has 0 atom stereocenters. The van der Waals surface area contributed by atoms with Gasteiger partial charge in [-0.15, -0.1) is 0 Å². The van der Waals surface area contributed by atoms with Crippen LogP contribution in [0.25, 0.3) is 175 Å². The highest BCUT2D eigenvalue weighted by molar-refractivity contribution is 6.43. The Morgan fingerprint density at radius 3 is 1.04 bits per heavy atom. The lowest BCUT2D eigenvalue weighted by atomic mass is 9.94. The Morgan fingerprint density at radius 1 is 0.205 bits per heavy atom. The Morgan fingerprint density at radius 2 is 0.577 bits per heavy atom. The number of hydrogen-bond acceptors (Lipinski definition) is 0. The average Bonchev–Trinajstić information content (AvgIpc) is 4.21. The molecule has 0 aliphatic rings. The normalized spacial score (nSPS) is 12.6. The minimum Gasteiger partial charge on any atom is -0.309 e. The van der Waals surface area contributed by atoms with Crippen molar-refractivity contribution in [3.63, 3.8) is 0 Å². The molecule has 0 N–H and O–H groups in total. The molecule has 0 saturated carbocycles. The summed E-state index contributed by atoms with van der Waals surface area (Å²) in [5.74, 6) is 0. The van der Waals surface area contributed by atoms with Crippen molar-refractivity contribution >= 4 is 141 Å². The highest BCUT2D eigenvalue weighted by atomic mass is 15.0. The van der Waals surface area contributed by atoms with Crippen molar-refractivity contribution in [1.82, 2.24) is 17.9 Å². The maximum absolute atomic E-state index is 2.63. The summed E-state index contributed by atoms with van der Waals surface area (Å²) >= 11 is 0. The molecule has 0 bridgehead atoms. The number of aromatic nitrogens is 4. The average molecular weight is 987 g/mol. The predicted molar refractivity (Wildman–Crippen MR) is 330 cm³/mol. The second-order valence-corrected chi connectivity index (χ2v) is 21.5. The molecular weight excluding hydrogens is 945 g/mol. The molecule has 6 aromatic heterocycles. The number of benzene rings is 13. The molecule has 0 aliphatic heterocycles. The van der Waals surface area contributed by atoms with Gasteiger partial charge in [-0.05, 0) is 118 Å². The van der Waals surface area contributed by atoms with E-state index < -0.39 is 0 Å². The van der Waals surface area contributed by atoms with Crippen molar-refractivity contribution in [2.75, 3.05) is 0 Å². The van der Waals surface area contributed by atoms with Crippen LogP contribution in [-0.2, 0) is 0 Å². The van der Waals surface area contributed by atoms with Gasteiger partial charge in [-0.25, -0.2) is 0 Å². The largest absolute Gasteiger partial charge is 0.309 e. The third-order valence-corrected chi connectivity index (χ3v) is 17.7. The summed E-state index contributed by atoms with van der Waals surface area (Å²) in [5.41, 5.74) is 19.5. The summed E-state index contributed by atoms with van der Waals surface area (Å²) < 4.78 is 10.1. The third kappa shape index (κ3) is 5.06. The molecular formula is C74H42N4. The summed E-state index contributed by atoms with van der Waals surface area (Å²) in [6, 6.07) is 95.3. The molecule has 358 valence electrons. The topological polar surface area (TPSA) is 18.7 Å². The van der Waals surface area contributed by atoms with Gasteiger partial charge >= 0.3 is 0 Å². The molecule has 0 unspecified atom stereocenters. The number of hydrogen-bond donors (Lipinski definition) is 0. The van der Waals surface area contributed by atoms with E-state index in [-0.39, 0.29) is 0 Å². The van der Waals surface area contributed by atoms with Gasteiger partial charge < -0.3 is 17.9 Å². The summed E-state index contributed by atoms with van der Waals surface area (Å²) in [4.78, 5) is 0. The first-order valence-electron chi connectivity index (χ1n) is 27.1. The maximum Gasteiger partial charge on any atom is 0.0627 e. The van der Waals surface area contributed by atoms with Gasteiger partial charge in [-0.2, -0.15) is 0 Å². The maximum atomic E-state index is 2.63. The zero-order valence-electron chi connectivity index (χ0n) is 42.0. The van der Waals surface area contributed by atoms with Crippen molar-refractivity contribution in [2.24, 2.45) is 0 Å². The Balaban J connectivity index is 0.942. The first-order valence-corrected chi connectivity index (χ1v) is 27.1. The van der Waals surface area contributed by atoms with E-state index in [2.05, 4.69) is 273 Å². The van der Waals surface area contributed by atoms with Gasteiger partial charge in [-0.1, -0.05) is 170 Å². The fourth-order valence-corrected chi connectivity index (χ4v) is 14.7. The van der Waals surface area contributed by atoms with Crippen LogP contribution in [-0.4, -0.2) is 17.9 Å². The first-order chi connectivity index (χ1) is 38.7. The van der Waals surface area contributed by atoms with Crippen LogP contribution in [0.3, 0.4) is 0 Å². The second-order valence-electron chi connectivity index (χ2n) is 21.5. The molecule has 0 amide bonds. The zero-order chi connectivity index (χ0) is 50.5. The lowest BCUT2D eigenvalue weighted by Crippen LogP contribution is -1.93. The van der Waals surface area contributed by atoms with Crippen molar-refractivity contribution in [2.45, 2.75) is 0 Å². The second kappa shape index (κ2) is 14.7. The van der Waals surface area contributed by atoms with Crippen LogP contribution in [0.5, 0.6) is 0 Å². The minimum atomic E-state index is 1.16. The van der Waals surface area contributed by atoms with E-state index in [1.807, 2.05) is 0 Å². The fraction of sp³-hybridized carbons (Fsp3) is 0. The van der Waals surface area contributed by atoms with Gasteiger partial charge in [0.15, 0.2) is 0 Å². The van der Waals surface area contributed by atoms with E-state index in [0.29, 0.717) is 0 Å². The quantitative estimate of drug-likeness (QED) is 0.167. The van der Waals surface area contributed by atoms with Crippen molar-refractivity contribution < 1.29 is 0 Å². The van der Waals surface area contributed by atoms with Crippen LogP contribution in [0.15, 0.2) is 255 Å². The Hall–Kier alpha value is -10.4. The molecule has 19 rings (SSSR count). The van der Waals surface area contributed by atoms with Gasteiger partial charge in [-0.3, -0.25) is 0 Å². The molecule has 0 radical (unpaired) electrons. The zero-order valence-corrected chi connectivity index (χ0v) is 42.0. The number of nitrogens with zero attached hydrogens (tertiary/aromatic N) is 4. The van der Waals surface area contributed by atoms with E-state index in [1.54, 1.807) is 0 Å². The molecule has 4 heteroatoms. The molecule has 0 spiro atoms. The van der Waals surface area contributed by atoms with Crippen LogP contribution >= 0.6 is 0 Å². The summed E-state index contributed by atoms with van der Waals surface area (Å²) in [7, 11) is 0. The molecule has 0 saturated heterocycles. The van der Waals surface area contributed by atoms with Crippen LogP contribution < -0.4 is 0 Å². The van der Waals surface area contributed by atoms with Crippen LogP contribution in [0.4, 0.5) is 0 Å². The summed E-state index contributed by atoms with van der Waals surface area (Å²) in [6.45, 7) is 0. The van der Waals surface area contributed by atoms with E-state index in [9.17, 15) is 0 Å². The monoisotopic (exact) mass is 986 g/mol. The molecule has 6 heterocycles. The van der Waals surface area contributed by atoms with Crippen molar-refractivity contribution in [3.8, 4) is 33.6 Å². The molecule has 4 nitrogen and oxygen atoms in total. The fourth-order valence-electron chi connectivity index (χ4n) is 14.7. The van der Waals surface area contributed by atoms with Gasteiger partial charge in [0.05, 0.1) is 55.2 Å². The first kappa shape index (κ1) is 40.9. The van der Waals surface area contributed by atoms with Crippen LogP contribution in [0.1, 0.15) is 0 Å². The highest BCUT2D eigenvalue weighted by Crippen LogP contribution is 2.53. The SMILES string of the molecule is c1ccc(-n2c3ccccc3c3cc(-c4cccc5c6cc7ccccc7c7c8c9c%10c%11ccccc%11cc%11c%12cccc(-c%13ccc%14c(c%13)c%13ccccc%13n%14-c%13ccccc%13)c%12n(c9ccc8n(c45)c67)c%11%10)ccc32)cc1. The third-order valence-electron chi connectivity index (χ3n) is 17.7. The molecule has 19 aromatic rings. The summed E-state index contributed by atoms with van der Waals surface area (Å²) in [5, 5.41) is 20.4. The van der Waals surface area contributed by atoms with Crippen molar-refractivity contribution in [1.29, 1.82) is 0 Å². The molecule has 0 aliphatic carbocycles. The van der Waals surface area contributed by atoms with E-state index in [0.717, 1.165) is 11.4 Å². The molecule has 13 aromatic carbocycles. The number of para-hydroxylation sites is 6. The minimum absolute atomic E-state index is 1.16. The predicted octanol–water partition coefficient (Wildman–Crippen LogP) is 19.8. The molecule has 78 heavy (non-hydrogen) atoms. The van der Waals surface area contributed by atoms with Gasteiger partial charge in [0.1, 0.15) is 0 Å². The van der Waals surface area contributed by atoms with E-state index in [4.69, 9.17) is 0 Å². The highest BCUT2D eigenvalue weighted by Gasteiger charge is 2.29. The Kier molecular flexibility index (Phi) is 7.71. The lowest BCUT2D eigenvalue weighted by molar-refractivity contribution is 1.18. The van der Waals surface area contributed by atoms with E-state index >= 15 is 0 Å². The van der Waals surface area contributed by atoms with Crippen LogP contribution in [0.2, 0.25) is 0 Å². The number of fused-ring (bicyclic) bond motifs is 23. The lowest BCUT2D eigenvalue weighted by Gasteiger charge is -2.10. The summed E-state index contributed by atoms with van der Waals surface area (Å²) in [6.07, 6.45) is 0. The van der Waals surface area contributed by atoms with Gasteiger partial charge in [0, 0.05) is 87.1 Å². The van der Waals surface area contributed by atoms with Gasteiger partial charge in [0.2, 0.25) is 0 Å². The van der Waals surface area contributed by atoms with E-state index in [1.165, 1.54) is 164 Å². The van der Waals surface area contributed by atoms with Crippen LogP contribution in [0, 0.1) is 0 Å². The van der Waals surface area contributed by atoms with Crippen molar-refractivity contribution in [3.05, 3.63) is 255 Å². The smallest absolute Gasteiger partial charge is 0.0627 e.